The predicted octanol–water partition coefficient (Wildman–Crippen LogP) is 2.22. The van der Waals surface area contributed by atoms with Gasteiger partial charge in [0, 0.05) is 7.11 Å². The monoisotopic (exact) mass is 242 g/mol. The van der Waals surface area contributed by atoms with Crippen LogP contribution in [-0.4, -0.2) is 28.5 Å². The molecule has 0 radical (unpaired) electrons. The molecule has 5 nitrogen and oxygen atoms in total. The fraction of sp³-hybridized carbons (Fsp3) is 0.833. The highest BCUT2D eigenvalue weighted by molar-refractivity contribution is 5.03. The predicted molar refractivity (Wildman–Crippen MR) is 63.7 cm³/mol. The van der Waals surface area contributed by atoms with Crippen molar-refractivity contribution in [1.82, 2.24) is 10.1 Å². The summed E-state index contributed by atoms with van der Waals surface area (Å²) in [6.45, 7) is 7.62. The van der Waals surface area contributed by atoms with E-state index in [1.165, 1.54) is 0 Å². The fourth-order valence-corrected chi connectivity index (χ4v) is 1.76. The van der Waals surface area contributed by atoms with Crippen molar-refractivity contribution in [2.24, 2.45) is 0 Å². The molecule has 0 aliphatic heterocycles. The Kier molecular flexibility index (Phi) is 4.65. The molecule has 1 rings (SSSR count). The number of hydrogen-bond acceptors (Lipinski definition) is 5. The summed E-state index contributed by atoms with van der Waals surface area (Å²) in [5.74, 6) is 0.852. The van der Waals surface area contributed by atoms with Crippen molar-refractivity contribution >= 4 is 0 Å². The molecule has 5 heteroatoms. The SMILES string of the molecule is CCC(CC)(OC)c1noc(C(C)C(C)O)n1. The summed E-state index contributed by atoms with van der Waals surface area (Å²) in [6, 6.07) is 0. The van der Waals surface area contributed by atoms with Gasteiger partial charge in [0.25, 0.3) is 0 Å². The van der Waals surface area contributed by atoms with Crippen LogP contribution in [0, 0.1) is 0 Å². The normalized spacial score (nSPS) is 15.9. The molecule has 0 aliphatic rings. The maximum Gasteiger partial charge on any atom is 0.232 e. The lowest BCUT2D eigenvalue weighted by Crippen LogP contribution is -2.28. The van der Waals surface area contributed by atoms with E-state index < -0.39 is 11.7 Å². The van der Waals surface area contributed by atoms with Crippen LogP contribution < -0.4 is 0 Å². The lowest BCUT2D eigenvalue weighted by Gasteiger charge is -2.25. The van der Waals surface area contributed by atoms with Gasteiger partial charge in [0.15, 0.2) is 0 Å². The number of ether oxygens (including phenoxy) is 1. The van der Waals surface area contributed by atoms with Crippen LogP contribution in [-0.2, 0) is 10.3 Å². The Labute approximate surface area is 102 Å². The first-order chi connectivity index (χ1) is 8.00. The lowest BCUT2D eigenvalue weighted by molar-refractivity contribution is -0.0306. The zero-order valence-corrected chi connectivity index (χ0v) is 11.2. The number of aliphatic hydroxyl groups is 1. The van der Waals surface area contributed by atoms with Crippen LogP contribution >= 0.6 is 0 Å². The van der Waals surface area contributed by atoms with E-state index in [1.807, 2.05) is 20.8 Å². The maximum absolute atomic E-state index is 9.50. The number of aliphatic hydroxyl groups excluding tert-OH is 1. The highest BCUT2D eigenvalue weighted by Gasteiger charge is 2.34. The molecule has 2 unspecified atom stereocenters. The van der Waals surface area contributed by atoms with Crippen LogP contribution in [0.2, 0.25) is 0 Å². The van der Waals surface area contributed by atoms with E-state index in [4.69, 9.17) is 9.26 Å². The molecule has 0 amide bonds. The Bertz CT molecular complexity index is 337. The smallest absolute Gasteiger partial charge is 0.232 e. The molecule has 98 valence electrons. The Morgan fingerprint density at radius 2 is 1.94 bits per heavy atom. The summed E-state index contributed by atoms with van der Waals surface area (Å²) < 4.78 is 10.7. The largest absolute Gasteiger partial charge is 0.393 e. The molecule has 1 N–H and O–H groups in total. The zero-order valence-electron chi connectivity index (χ0n) is 11.2. The molecular weight excluding hydrogens is 220 g/mol. The van der Waals surface area contributed by atoms with E-state index >= 15 is 0 Å². The summed E-state index contributed by atoms with van der Waals surface area (Å²) in [6.07, 6.45) is 1.05. The standard InChI is InChI=1S/C12H22N2O3/c1-6-12(7-2,16-5)11-13-10(17-14-11)8(3)9(4)15/h8-9,15H,6-7H2,1-5H3. The van der Waals surface area contributed by atoms with Crippen molar-refractivity contribution in [3.05, 3.63) is 11.7 Å². The van der Waals surface area contributed by atoms with E-state index in [-0.39, 0.29) is 5.92 Å². The summed E-state index contributed by atoms with van der Waals surface area (Å²) in [5.41, 5.74) is -0.486. The second kappa shape index (κ2) is 5.60. The van der Waals surface area contributed by atoms with Crippen LogP contribution in [0.25, 0.3) is 0 Å². The number of rotatable bonds is 6. The molecule has 2 atom stereocenters. The fourth-order valence-electron chi connectivity index (χ4n) is 1.76. The molecule has 0 fully saturated rings. The van der Waals surface area contributed by atoms with Gasteiger partial charge in [-0.15, -0.1) is 0 Å². The van der Waals surface area contributed by atoms with Gasteiger partial charge in [-0.3, -0.25) is 0 Å². The van der Waals surface area contributed by atoms with Crippen LogP contribution in [0.4, 0.5) is 0 Å². The van der Waals surface area contributed by atoms with Gasteiger partial charge in [0.2, 0.25) is 11.7 Å². The van der Waals surface area contributed by atoms with E-state index in [0.717, 1.165) is 12.8 Å². The number of aromatic nitrogens is 2. The third-order valence-electron chi connectivity index (χ3n) is 3.50. The molecule has 1 heterocycles. The number of methoxy groups -OCH3 is 1. The number of nitrogens with zero attached hydrogens (tertiary/aromatic N) is 2. The first-order valence-corrected chi connectivity index (χ1v) is 6.08. The summed E-state index contributed by atoms with van der Waals surface area (Å²) in [4.78, 5) is 4.35. The molecule has 0 aliphatic carbocycles. The van der Waals surface area contributed by atoms with Gasteiger partial charge in [-0.05, 0) is 19.8 Å². The molecule has 0 bridgehead atoms. The van der Waals surface area contributed by atoms with Gasteiger partial charge in [-0.1, -0.05) is 25.9 Å². The molecular formula is C12H22N2O3. The highest BCUT2D eigenvalue weighted by atomic mass is 16.5. The van der Waals surface area contributed by atoms with Gasteiger partial charge in [0.05, 0.1) is 12.0 Å². The lowest BCUT2D eigenvalue weighted by atomic mass is 9.96. The van der Waals surface area contributed by atoms with Gasteiger partial charge >= 0.3 is 0 Å². The number of hydrogen-bond donors (Lipinski definition) is 1. The van der Waals surface area contributed by atoms with Crippen molar-refractivity contribution < 1.29 is 14.4 Å². The van der Waals surface area contributed by atoms with Crippen LogP contribution in [0.5, 0.6) is 0 Å². The minimum atomic E-state index is -0.511. The second-order valence-corrected chi connectivity index (χ2v) is 4.39. The highest BCUT2D eigenvalue weighted by Crippen LogP contribution is 2.31. The molecule has 1 aromatic rings. The van der Waals surface area contributed by atoms with Gasteiger partial charge in [-0.2, -0.15) is 4.98 Å². The molecule has 1 aromatic heterocycles. The first kappa shape index (κ1) is 14.1. The van der Waals surface area contributed by atoms with Crippen LogP contribution in [0.15, 0.2) is 4.52 Å². The van der Waals surface area contributed by atoms with Crippen molar-refractivity contribution in [2.45, 2.75) is 58.2 Å². The third kappa shape index (κ3) is 2.66. The van der Waals surface area contributed by atoms with E-state index in [9.17, 15) is 5.11 Å². The Balaban J connectivity index is 3.00. The van der Waals surface area contributed by atoms with Gasteiger partial charge < -0.3 is 14.4 Å². The summed E-state index contributed by atoms with van der Waals surface area (Å²) >= 11 is 0. The third-order valence-corrected chi connectivity index (χ3v) is 3.50. The van der Waals surface area contributed by atoms with Gasteiger partial charge in [-0.25, -0.2) is 0 Å². The van der Waals surface area contributed by atoms with E-state index in [1.54, 1.807) is 14.0 Å². The van der Waals surface area contributed by atoms with Crippen molar-refractivity contribution in [3.63, 3.8) is 0 Å². The van der Waals surface area contributed by atoms with Crippen molar-refractivity contribution in [2.75, 3.05) is 7.11 Å². The van der Waals surface area contributed by atoms with Crippen LogP contribution in [0.1, 0.15) is 58.2 Å². The zero-order chi connectivity index (χ0) is 13.1. The summed E-state index contributed by atoms with van der Waals surface area (Å²) in [5, 5.41) is 13.5. The van der Waals surface area contributed by atoms with Crippen molar-refractivity contribution in [3.8, 4) is 0 Å². The van der Waals surface area contributed by atoms with E-state index in [0.29, 0.717) is 11.7 Å². The Hall–Kier alpha value is -0.940. The van der Waals surface area contributed by atoms with Crippen molar-refractivity contribution in [1.29, 1.82) is 0 Å². The topological polar surface area (TPSA) is 68.4 Å². The molecule has 0 spiro atoms. The minimum absolute atomic E-state index is 0.167. The first-order valence-electron chi connectivity index (χ1n) is 6.08. The average molecular weight is 242 g/mol. The molecule has 0 saturated carbocycles. The Morgan fingerprint density at radius 3 is 2.35 bits per heavy atom. The van der Waals surface area contributed by atoms with Crippen LogP contribution in [0.3, 0.4) is 0 Å². The molecule has 17 heavy (non-hydrogen) atoms. The molecule has 0 saturated heterocycles. The van der Waals surface area contributed by atoms with E-state index in [2.05, 4.69) is 10.1 Å². The summed E-state index contributed by atoms with van der Waals surface area (Å²) in [7, 11) is 1.65. The quantitative estimate of drug-likeness (QED) is 0.828. The second-order valence-electron chi connectivity index (χ2n) is 4.39. The Morgan fingerprint density at radius 1 is 1.35 bits per heavy atom. The molecule has 0 aromatic carbocycles. The van der Waals surface area contributed by atoms with Gasteiger partial charge in [0.1, 0.15) is 5.60 Å². The minimum Gasteiger partial charge on any atom is -0.393 e. The average Bonchev–Trinajstić information content (AvgIpc) is 2.81. The maximum atomic E-state index is 9.50.